The summed E-state index contributed by atoms with van der Waals surface area (Å²) in [5, 5.41) is 3.36. The minimum absolute atomic E-state index is 0.753. The van der Waals surface area contributed by atoms with Crippen molar-refractivity contribution in [1.29, 1.82) is 0 Å². The van der Waals surface area contributed by atoms with Gasteiger partial charge in [-0.2, -0.15) is 0 Å². The molecular formula is C16H22N2O. The molecule has 0 aliphatic heterocycles. The second-order valence-corrected chi connectivity index (χ2v) is 4.49. The average Bonchev–Trinajstić information content (AvgIpc) is 2.90. The largest absolute Gasteiger partial charge is 0.494 e. The van der Waals surface area contributed by atoms with Gasteiger partial charge in [0.2, 0.25) is 0 Å². The van der Waals surface area contributed by atoms with Crippen LogP contribution in [-0.4, -0.2) is 17.7 Å². The Labute approximate surface area is 115 Å². The lowest BCUT2D eigenvalue weighted by molar-refractivity contribution is 0.301. The number of nitrogens with zero attached hydrogens (tertiary/aromatic N) is 1. The molecule has 0 saturated carbocycles. The summed E-state index contributed by atoms with van der Waals surface area (Å²) in [7, 11) is 0. The number of hydrogen-bond acceptors (Lipinski definition) is 2. The summed E-state index contributed by atoms with van der Waals surface area (Å²) in [6.45, 7) is 5.82. The van der Waals surface area contributed by atoms with Gasteiger partial charge in [-0.15, -0.1) is 0 Å². The van der Waals surface area contributed by atoms with E-state index in [1.165, 1.54) is 5.69 Å². The van der Waals surface area contributed by atoms with Gasteiger partial charge in [0, 0.05) is 25.0 Å². The molecule has 3 heteroatoms. The normalized spacial score (nSPS) is 10.6. The maximum Gasteiger partial charge on any atom is 0.119 e. The van der Waals surface area contributed by atoms with Crippen LogP contribution in [0.15, 0.2) is 48.7 Å². The van der Waals surface area contributed by atoms with Crippen molar-refractivity contribution in [3.63, 3.8) is 0 Å². The van der Waals surface area contributed by atoms with Gasteiger partial charge in [0.15, 0.2) is 0 Å². The molecule has 0 aliphatic rings. The first-order valence-electron chi connectivity index (χ1n) is 6.92. The van der Waals surface area contributed by atoms with Crippen molar-refractivity contribution in [3.8, 4) is 5.75 Å². The number of rotatable bonds is 8. The molecule has 2 rings (SSSR count). The van der Waals surface area contributed by atoms with Crippen molar-refractivity contribution in [2.24, 2.45) is 0 Å². The van der Waals surface area contributed by atoms with Crippen molar-refractivity contribution >= 4 is 0 Å². The molecule has 0 fully saturated rings. The SMILES string of the molecule is CCNCc1cccn1CCCOc1ccccc1. The fourth-order valence-electron chi connectivity index (χ4n) is 2.02. The van der Waals surface area contributed by atoms with E-state index in [4.69, 9.17) is 4.74 Å². The second kappa shape index (κ2) is 7.64. The summed E-state index contributed by atoms with van der Waals surface area (Å²) in [4.78, 5) is 0. The van der Waals surface area contributed by atoms with E-state index in [0.29, 0.717) is 0 Å². The van der Waals surface area contributed by atoms with Crippen LogP contribution in [0.4, 0.5) is 0 Å². The second-order valence-electron chi connectivity index (χ2n) is 4.49. The van der Waals surface area contributed by atoms with Gasteiger partial charge >= 0.3 is 0 Å². The lowest BCUT2D eigenvalue weighted by Gasteiger charge is -2.10. The van der Waals surface area contributed by atoms with Crippen LogP contribution in [0.5, 0.6) is 5.75 Å². The zero-order valence-corrected chi connectivity index (χ0v) is 11.5. The van der Waals surface area contributed by atoms with E-state index in [2.05, 4.69) is 35.1 Å². The molecule has 0 unspecified atom stereocenters. The Morgan fingerprint density at radius 3 is 2.74 bits per heavy atom. The Hall–Kier alpha value is -1.74. The minimum atomic E-state index is 0.753. The topological polar surface area (TPSA) is 26.2 Å². The number of hydrogen-bond donors (Lipinski definition) is 1. The van der Waals surface area contributed by atoms with E-state index in [1.807, 2.05) is 30.3 Å². The number of aromatic nitrogens is 1. The molecule has 0 amide bonds. The monoisotopic (exact) mass is 258 g/mol. The van der Waals surface area contributed by atoms with Crippen molar-refractivity contribution in [1.82, 2.24) is 9.88 Å². The molecule has 102 valence electrons. The Kier molecular flexibility index (Phi) is 5.50. The summed E-state index contributed by atoms with van der Waals surface area (Å²) < 4.78 is 7.99. The molecule has 0 atom stereocenters. The highest BCUT2D eigenvalue weighted by Crippen LogP contribution is 2.09. The fourth-order valence-corrected chi connectivity index (χ4v) is 2.02. The zero-order valence-electron chi connectivity index (χ0n) is 11.5. The van der Waals surface area contributed by atoms with Crippen LogP contribution < -0.4 is 10.1 Å². The molecule has 0 bridgehead atoms. The van der Waals surface area contributed by atoms with E-state index in [-0.39, 0.29) is 0 Å². The lowest BCUT2D eigenvalue weighted by Crippen LogP contribution is -2.15. The van der Waals surface area contributed by atoms with Gasteiger partial charge in [0.05, 0.1) is 6.61 Å². The van der Waals surface area contributed by atoms with Crippen LogP contribution in [0.3, 0.4) is 0 Å². The number of benzene rings is 1. The van der Waals surface area contributed by atoms with Crippen molar-refractivity contribution in [3.05, 3.63) is 54.4 Å². The number of ether oxygens (including phenoxy) is 1. The first-order chi connectivity index (χ1) is 9.40. The molecule has 2 aromatic rings. The predicted molar refractivity (Wildman–Crippen MR) is 78.4 cm³/mol. The quantitative estimate of drug-likeness (QED) is 0.736. The zero-order chi connectivity index (χ0) is 13.3. The standard InChI is InChI=1S/C16H22N2O/c1-2-17-14-15-8-6-11-18(15)12-7-13-19-16-9-4-3-5-10-16/h3-6,8-11,17H,2,7,12-14H2,1H3. The first-order valence-corrected chi connectivity index (χ1v) is 6.92. The van der Waals surface area contributed by atoms with E-state index in [0.717, 1.165) is 38.4 Å². The van der Waals surface area contributed by atoms with E-state index >= 15 is 0 Å². The maximum atomic E-state index is 5.70. The van der Waals surface area contributed by atoms with Gasteiger partial charge in [-0.1, -0.05) is 25.1 Å². The number of aryl methyl sites for hydroxylation is 1. The van der Waals surface area contributed by atoms with Crippen LogP contribution in [0.25, 0.3) is 0 Å². The lowest BCUT2D eigenvalue weighted by atomic mass is 10.3. The third kappa shape index (κ3) is 4.45. The van der Waals surface area contributed by atoms with Crippen LogP contribution in [0, 0.1) is 0 Å². The molecule has 0 radical (unpaired) electrons. The van der Waals surface area contributed by atoms with Gasteiger partial charge < -0.3 is 14.6 Å². The molecule has 1 N–H and O–H groups in total. The average molecular weight is 258 g/mol. The first kappa shape index (κ1) is 13.7. The molecule has 0 saturated heterocycles. The van der Waals surface area contributed by atoms with E-state index in [9.17, 15) is 0 Å². The predicted octanol–water partition coefficient (Wildman–Crippen LogP) is 3.07. The Morgan fingerprint density at radius 1 is 1.11 bits per heavy atom. The van der Waals surface area contributed by atoms with Crippen molar-refractivity contribution in [2.75, 3.05) is 13.2 Å². The molecule has 0 aliphatic carbocycles. The summed E-state index contributed by atoms with van der Waals surface area (Å²) in [6.07, 6.45) is 3.15. The maximum absolute atomic E-state index is 5.70. The van der Waals surface area contributed by atoms with E-state index < -0.39 is 0 Å². The highest BCUT2D eigenvalue weighted by atomic mass is 16.5. The highest BCUT2D eigenvalue weighted by molar-refractivity contribution is 5.20. The fraction of sp³-hybridized carbons (Fsp3) is 0.375. The van der Waals surface area contributed by atoms with Crippen molar-refractivity contribution < 1.29 is 4.74 Å². The molecule has 1 aromatic heterocycles. The van der Waals surface area contributed by atoms with Crippen molar-refractivity contribution in [2.45, 2.75) is 26.4 Å². The molecule has 1 aromatic carbocycles. The van der Waals surface area contributed by atoms with Crippen LogP contribution in [0.2, 0.25) is 0 Å². The number of nitrogens with one attached hydrogen (secondary N) is 1. The molecule has 1 heterocycles. The molecule has 0 spiro atoms. The molecule has 3 nitrogen and oxygen atoms in total. The van der Waals surface area contributed by atoms with Crippen LogP contribution >= 0.6 is 0 Å². The van der Waals surface area contributed by atoms with Gasteiger partial charge in [-0.05, 0) is 37.2 Å². The van der Waals surface area contributed by atoms with Gasteiger partial charge in [0.1, 0.15) is 5.75 Å². The summed E-state index contributed by atoms with van der Waals surface area (Å²) >= 11 is 0. The van der Waals surface area contributed by atoms with Crippen LogP contribution in [-0.2, 0) is 13.1 Å². The molecule has 19 heavy (non-hydrogen) atoms. The third-order valence-corrected chi connectivity index (χ3v) is 3.03. The Morgan fingerprint density at radius 2 is 1.95 bits per heavy atom. The van der Waals surface area contributed by atoms with Gasteiger partial charge in [0.25, 0.3) is 0 Å². The summed E-state index contributed by atoms with van der Waals surface area (Å²) in [5.74, 6) is 0.947. The summed E-state index contributed by atoms with van der Waals surface area (Å²) in [6, 6.07) is 14.2. The number of para-hydroxylation sites is 1. The van der Waals surface area contributed by atoms with Gasteiger partial charge in [-0.3, -0.25) is 0 Å². The smallest absolute Gasteiger partial charge is 0.119 e. The third-order valence-electron chi connectivity index (χ3n) is 3.03. The highest BCUT2D eigenvalue weighted by Gasteiger charge is 2.00. The van der Waals surface area contributed by atoms with Gasteiger partial charge in [-0.25, -0.2) is 0 Å². The minimum Gasteiger partial charge on any atom is -0.494 e. The Balaban J connectivity index is 1.72. The van der Waals surface area contributed by atoms with Crippen LogP contribution in [0.1, 0.15) is 19.0 Å². The summed E-state index contributed by atoms with van der Waals surface area (Å²) in [5.41, 5.74) is 1.33. The molecular weight excluding hydrogens is 236 g/mol. The Bertz CT molecular complexity index is 465. The van der Waals surface area contributed by atoms with E-state index in [1.54, 1.807) is 0 Å².